The number of rotatable bonds is 6. The van der Waals surface area contributed by atoms with Crippen LogP contribution in [0, 0.1) is 0 Å². The average molecular weight is 339 g/mol. The van der Waals surface area contributed by atoms with Crippen molar-refractivity contribution in [2.75, 3.05) is 25.6 Å². The lowest BCUT2D eigenvalue weighted by molar-refractivity contribution is -0.0834. The number of methoxy groups -OCH3 is 1. The highest BCUT2D eigenvalue weighted by molar-refractivity contribution is 5.48. The van der Waals surface area contributed by atoms with E-state index in [9.17, 15) is 0 Å². The first-order valence-corrected chi connectivity index (χ1v) is 9.10. The topological polar surface area (TPSA) is 30.5 Å². The van der Waals surface area contributed by atoms with Crippen LogP contribution < -0.4 is 10.1 Å². The molecule has 1 N–H and O–H groups in total. The number of nitrogens with one attached hydrogen (secondary N) is 1. The standard InChI is InChI=1S/C22H29NO2/c1-21(2)17-22(13-15-25-21,18-8-5-4-6-9-18)12-14-23-19-10-7-11-20(16-19)24-3/h4-11,16,23H,12-15,17H2,1-3H3/t22-/m1/s1. The molecule has 134 valence electrons. The lowest BCUT2D eigenvalue weighted by Gasteiger charge is -2.45. The summed E-state index contributed by atoms with van der Waals surface area (Å²) in [6.45, 7) is 6.16. The zero-order valence-electron chi connectivity index (χ0n) is 15.5. The van der Waals surface area contributed by atoms with Crippen molar-refractivity contribution >= 4 is 5.69 Å². The molecule has 0 saturated carbocycles. The second-order valence-corrected chi connectivity index (χ2v) is 7.59. The maximum Gasteiger partial charge on any atom is 0.120 e. The minimum absolute atomic E-state index is 0.0793. The van der Waals surface area contributed by atoms with E-state index in [4.69, 9.17) is 9.47 Å². The molecule has 1 aliphatic rings. The summed E-state index contributed by atoms with van der Waals surface area (Å²) in [6.07, 6.45) is 3.20. The fraction of sp³-hybridized carbons (Fsp3) is 0.455. The third-order valence-corrected chi connectivity index (χ3v) is 5.23. The van der Waals surface area contributed by atoms with Crippen LogP contribution in [0.5, 0.6) is 5.75 Å². The Morgan fingerprint density at radius 1 is 1.08 bits per heavy atom. The molecule has 1 fully saturated rings. The molecule has 0 amide bonds. The molecule has 0 unspecified atom stereocenters. The van der Waals surface area contributed by atoms with Crippen molar-refractivity contribution < 1.29 is 9.47 Å². The van der Waals surface area contributed by atoms with Crippen LogP contribution in [0.15, 0.2) is 54.6 Å². The molecule has 3 heteroatoms. The lowest BCUT2D eigenvalue weighted by Crippen LogP contribution is -2.44. The van der Waals surface area contributed by atoms with Gasteiger partial charge in [0.15, 0.2) is 0 Å². The molecule has 1 atom stereocenters. The van der Waals surface area contributed by atoms with Gasteiger partial charge in [0.05, 0.1) is 12.7 Å². The fourth-order valence-corrected chi connectivity index (χ4v) is 4.05. The summed E-state index contributed by atoms with van der Waals surface area (Å²) in [4.78, 5) is 0. The van der Waals surface area contributed by atoms with Crippen molar-refractivity contribution in [3.8, 4) is 5.75 Å². The van der Waals surface area contributed by atoms with Gasteiger partial charge in [0, 0.05) is 30.3 Å². The third kappa shape index (κ3) is 4.35. The van der Waals surface area contributed by atoms with Gasteiger partial charge in [0.1, 0.15) is 5.75 Å². The summed E-state index contributed by atoms with van der Waals surface area (Å²) < 4.78 is 11.3. The van der Waals surface area contributed by atoms with Crippen molar-refractivity contribution in [3.63, 3.8) is 0 Å². The molecule has 0 aromatic heterocycles. The summed E-state index contributed by atoms with van der Waals surface area (Å²) in [5, 5.41) is 3.57. The van der Waals surface area contributed by atoms with Crippen LogP contribution >= 0.6 is 0 Å². The Bertz CT molecular complexity index is 683. The monoisotopic (exact) mass is 339 g/mol. The Balaban J connectivity index is 1.74. The third-order valence-electron chi connectivity index (χ3n) is 5.23. The molecule has 1 aliphatic heterocycles. The molecule has 0 aliphatic carbocycles. The van der Waals surface area contributed by atoms with E-state index in [1.54, 1.807) is 7.11 Å². The zero-order valence-corrected chi connectivity index (χ0v) is 15.5. The fourth-order valence-electron chi connectivity index (χ4n) is 4.05. The van der Waals surface area contributed by atoms with Crippen LogP contribution in [0.3, 0.4) is 0 Å². The Kier molecular flexibility index (Phi) is 5.33. The molecule has 1 heterocycles. The van der Waals surface area contributed by atoms with Crippen molar-refractivity contribution in [1.29, 1.82) is 0 Å². The highest BCUT2D eigenvalue weighted by Crippen LogP contribution is 2.43. The van der Waals surface area contributed by atoms with Gasteiger partial charge in [0.25, 0.3) is 0 Å². The van der Waals surface area contributed by atoms with Gasteiger partial charge < -0.3 is 14.8 Å². The van der Waals surface area contributed by atoms with Crippen molar-refractivity contribution in [3.05, 3.63) is 60.2 Å². The van der Waals surface area contributed by atoms with Gasteiger partial charge >= 0.3 is 0 Å². The van der Waals surface area contributed by atoms with E-state index in [1.165, 1.54) is 5.56 Å². The van der Waals surface area contributed by atoms with Gasteiger partial charge in [-0.15, -0.1) is 0 Å². The summed E-state index contributed by atoms with van der Waals surface area (Å²) in [5.41, 5.74) is 2.62. The maximum absolute atomic E-state index is 6.00. The summed E-state index contributed by atoms with van der Waals surface area (Å²) in [7, 11) is 1.70. The van der Waals surface area contributed by atoms with Crippen molar-refractivity contribution in [2.24, 2.45) is 0 Å². The Morgan fingerprint density at radius 2 is 1.88 bits per heavy atom. The van der Waals surface area contributed by atoms with Gasteiger partial charge in [-0.2, -0.15) is 0 Å². The van der Waals surface area contributed by atoms with Crippen LogP contribution in [0.1, 0.15) is 38.7 Å². The number of anilines is 1. The van der Waals surface area contributed by atoms with Crippen LogP contribution in [-0.4, -0.2) is 25.9 Å². The average Bonchev–Trinajstić information content (AvgIpc) is 2.62. The molecule has 0 spiro atoms. The van der Waals surface area contributed by atoms with Crippen LogP contribution in [0.25, 0.3) is 0 Å². The largest absolute Gasteiger partial charge is 0.497 e. The molecule has 25 heavy (non-hydrogen) atoms. The molecule has 2 aromatic rings. The Hall–Kier alpha value is -2.00. The molecular weight excluding hydrogens is 310 g/mol. The number of hydrogen-bond donors (Lipinski definition) is 1. The van der Waals surface area contributed by atoms with E-state index in [-0.39, 0.29) is 11.0 Å². The molecule has 1 saturated heterocycles. The van der Waals surface area contributed by atoms with E-state index in [1.807, 2.05) is 18.2 Å². The Labute approximate surface area is 151 Å². The SMILES string of the molecule is COc1cccc(NCC[C@@]2(c3ccccc3)CCOC(C)(C)C2)c1. The van der Waals surface area contributed by atoms with Crippen LogP contribution in [0.4, 0.5) is 5.69 Å². The van der Waals surface area contributed by atoms with E-state index in [0.717, 1.165) is 43.9 Å². The predicted octanol–water partition coefficient (Wildman–Crippen LogP) is 5.02. The second-order valence-electron chi connectivity index (χ2n) is 7.59. The van der Waals surface area contributed by atoms with Gasteiger partial charge in [-0.05, 0) is 50.8 Å². The molecule has 3 nitrogen and oxygen atoms in total. The second kappa shape index (κ2) is 7.49. The molecule has 0 radical (unpaired) electrons. The van der Waals surface area contributed by atoms with Crippen LogP contribution in [0.2, 0.25) is 0 Å². The van der Waals surface area contributed by atoms with Gasteiger partial charge in [0.2, 0.25) is 0 Å². The van der Waals surface area contributed by atoms with Gasteiger partial charge in [-0.1, -0.05) is 36.4 Å². The first kappa shape index (κ1) is 17.8. The zero-order chi connectivity index (χ0) is 17.8. The normalized spacial score (nSPS) is 22.4. The molecule has 0 bridgehead atoms. The summed E-state index contributed by atoms with van der Waals surface area (Å²) in [6, 6.07) is 19.1. The first-order chi connectivity index (χ1) is 12.0. The van der Waals surface area contributed by atoms with Crippen molar-refractivity contribution in [2.45, 2.75) is 44.1 Å². The van der Waals surface area contributed by atoms with Crippen molar-refractivity contribution in [1.82, 2.24) is 0 Å². The minimum Gasteiger partial charge on any atom is -0.497 e. The number of ether oxygens (including phenoxy) is 2. The number of hydrogen-bond acceptors (Lipinski definition) is 3. The van der Waals surface area contributed by atoms with Crippen LogP contribution in [-0.2, 0) is 10.2 Å². The molecular formula is C22H29NO2. The highest BCUT2D eigenvalue weighted by atomic mass is 16.5. The minimum atomic E-state index is -0.0793. The van der Waals surface area contributed by atoms with E-state index >= 15 is 0 Å². The highest BCUT2D eigenvalue weighted by Gasteiger charge is 2.41. The molecule has 3 rings (SSSR count). The van der Waals surface area contributed by atoms with Gasteiger partial charge in [-0.3, -0.25) is 0 Å². The summed E-state index contributed by atoms with van der Waals surface area (Å²) in [5.74, 6) is 0.884. The number of benzene rings is 2. The first-order valence-electron chi connectivity index (χ1n) is 9.10. The smallest absolute Gasteiger partial charge is 0.120 e. The van der Waals surface area contributed by atoms with E-state index in [2.05, 4.69) is 55.6 Å². The summed E-state index contributed by atoms with van der Waals surface area (Å²) >= 11 is 0. The van der Waals surface area contributed by atoms with E-state index in [0.29, 0.717) is 0 Å². The maximum atomic E-state index is 6.00. The van der Waals surface area contributed by atoms with E-state index < -0.39 is 0 Å². The quantitative estimate of drug-likeness (QED) is 0.801. The van der Waals surface area contributed by atoms with Gasteiger partial charge in [-0.25, -0.2) is 0 Å². The Morgan fingerprint density at radius 3 is 2.60 bits per heavy atom. The predicted molar refractivity (Wildman–Crippen MR) is 103 cm³/mol. The lowest BCUT2D eigenvalue weighted by atomic mass is 9.67. The molecule has 2 aromatic carbocycles.